The Morgan fingerprint density at radius 2 is 1.95 bits per heavy atom. The van der Waals surface area contributed by atoms with Gasteiger partial charge in [0.1, 0.15) is 0 Å². The van der Waals surface area contributed by atoms with E-state index in [0.29, 0.717) is 6.42 Å². The maximum atomic E-state index is 12.0. The molecule has 3 nitrogen and oxygen atoms in total. The zero-order valence-electron chi connectivity index (χ0n) is 13.4. The molecule has 2 aromatic rings. The molecule has 0 radical (unpaired) electrons. The van der Waals surface area contributed by atoms with Gasteiger partial charge in [-0.1, -0.05) is 6.08 Å². The molecule has 0 bridgehead atoms. The highest BCUT2D eigenvalue weighted by Crippen LogP contribution is 2.40. The topological polar surface area (TPSA) is 42.2 Å². The van der Waals surface area contributed by atoms with E-state index >= 15 is 0 Å². The number of benzene rings is 1. The van der Waals surface area contributed by atoms with Crippen LogP contribution in [0.15, 0.2) is 24.9 Å². The minimum atomic E-state index is -0.954. The van der Waals surface area contributed by atoms with Gasteiger partial charge in [-0.2, -0.15) is 0 Å². The Morgan fingerprint density at radius 1 is 1.33 bits per heavy atom. The lowest BCUT2D eigenvalue weighted by molar-refractivity contribution is -0.143. The number of aliphatic carboxylic acids is 1. The summed E-state index contributed by atoms with van der Waals surface area (Å²) in [6.07, 6.45) is 4.10. The number of hydrogen-bond acceptors (Lipinski definition) is 1. The lowest BCUT2D eigenvalue weighted by Gasteiger charge is -2.28. The predicted octanol–water partition coefficient (Wildman–Crippen LogP) is 4.02. The Kier molecular flexibility index (Phi) is 3.70. The second kappa shape index (κ2) is 5.06. The second-order valence-corrected chi connectivity index (χ2v) is 6.07. The van der Waals surface area contributed by atoms with Crippen molar-refractivity contribution in [3.8, 4) is 0 Å². The van der Waals surface area contributed by atoms with E-state index in [1.54, 1.807) is 13.0 Å². The summed E-state index contributed by atoms with van der Waals surface area (Å²) >= 11 is 0. The fourth-order valence-electron chi connectivity index (χ4n) is 3.34. The summed E-state index contributed by atoms with van der Waals surface area (Å²) in [6.45, 7) is 11.7. The van der Waals surface area contributed by atoms with Crippen LogP contribution < -0.4 is 0 Å². The monoisotopic (exact) mass is 285 g/mol. The third-order valence-corrected chi connectivity index (χ3v) is 4.77. The van der Waals surface area contributed by atoms with E-state index in [0.717, 1.165) is 27.6 Å². The molecule has 2 rings (SSSR count). The van der Waals surface area contributed by atoms with Crippen LogP contribution in [0.5, 0.6) is 0 Å². The van der Waals surface area contributed by atoms with Gasteiger partial charge in [-0.05, 0) is 62.4 Å². The Balaban J connectivity index is 2.98. The van der Waals surface area contributed by atoms with Crippen LogP contribution in [0.3, 0.4) is 0 Å². The van der Waals surface area contributed by atoms with Crippen molar-refractivity contribution in [1.82, 2.24) is 4.57 Å². The SMILES string of the molecule is C=CCC(C)(C(=O)O)c1c(C)c(C)c(C)c2c1ccn2C. The second-order valence-electron chi connectivity index (χ2n) is 6.07. The van der Waals surface area contributed by atoms with Gasteiger partial charge < -0.3 is 9.67 Å². The first kappa shape index (κ1) is 15.4. The zero-order valence-corrected chi connectivity index (χ0v) is 13.4. The van der Waals surface area contributed by atoms with Crippen molar-refractivity contribution in [1.29, 1.82) is 0 Å². The summed E-state index contributed by atoms with van der Waals surface area (Å²) in [5, 5.41) is 10.8. The Morgan fingerprint density at radius 3 is 2.48 bits per heavy atom. The molecule has 0 spiro atoms. The summed E-state index contributed by atoms with van der Waals surface area (Å²) < 4.78 is 2.07. The van der Waals surface area contributed by atoms with Gasteiger partial charge in [-0.15, -0.1) is 6.58 Å². The number of allylic oxidation sites excluding steroid dienone is 1. The van der Waals surface area contributed by atoms with Gasteiger partial charge in [0.15, 0.2) is 0 Å². The number of aromatic nitrogens is 1. The first-order valence-electron chi connectivity index (χ1n) is 7.15. The number of rotatable bonds is 4. The van der Waals surface area contributed by atoms with Gasteiger partial charge in [-0.3, -0.25) is 4.79 Å². The fraction of sp³-hybridized carbons (Fsp3) is 0.389. The summed E-state index contributed by atoms with van der Waals surface area (Å²) in [7, 11) is 2.00. The van der Waals surface area contributed by atoms with E-state index in [9.17, 15) is 9.90 Å². The Bertz CT molecular complexity index is 739. The Labute approximate surface area is 125 Å². The van der Waals surface area contributed by atoms with Crippen molar-refractivity contribution in [2.45, 2.75) is 39.5 Å². The van der Waals surface area contributed by atoms with Crippen LogP contribution >= 0.6 is 0 Å². The quantitative estimate of drug-likeness (QED) is 0.862. The molecule has 1 atom stereocenters. The fourth-order valence-corrected chi connectivity index (χ4v) is 3.34. The molecule has 1 aromatic carbocycles. The molecular formula is C18H23NO2. The molecule has 0 aliphatic carbocycles. The van der Waals surface area contributed by atoms with Crippen LogP contribution in [-0.4, -0.2) is 15.6 Å². The number of carbonyl (C=O) groups is 1. The summed E-state index contributed by atoms with van der Waals surface area (Å²) in [5.74, 6) is -0.807. The summed E-state index contributed by atoms with van der Waals surface area (Å²) in [6, 6.07) is 2.02. The third kappa shape index (κ3) is 2.08. The molecule has 0 amide bonds. The van der Waals surface area contributed by atoms with Crippen LogP contribution in [0, 0.1) is 20.8 Å². The van der Waals surface area contributed by atoms with E-state index in [4.69, 9.17) is 0 Å². The molecule has 0 saturated carbocycles. The largest absolute Gasteiger partial charge is 0.481 e. The van der Waals surface area contributed by atoms with Crippen molar-refractivity contribution < 1.29 is 9.90 Å². The highest BCUT2D eigenvalue weighted by molar-refractivity contribution is 5.95. The third-order valence-electron chi connectivity index (χ3n) is 4.77. The molecule has 21 heavy (non-hydrogen) atoms. The predicted molar refractivity (Wildman–Crippen MR) is 86.9 cm³/mol. The van der Waals surface area contributed by atoms with Crippen LogP contribution in [0.2, 0.25) is 0 Å². The Hall–Kier alpha value is -2.03. The molecule has 0 aliphatic heterocycles. The highest BCUT2D eigenvalue weighted by Gasteiger charge is 2.37. The molecule has 0 fully saturated rings. The number of carboxylic acids is 1. The van der Waals surface area contributed by atoms with Gasteiger partial charge >= 0.3 is 5.97 Å². The summed E-state index contributed by atoms with van der Waals surface area (Å²) in [4.78, 5) is 12.0. The molecule has 112 valence electrons. The molecule has 1 heterocycles. The van der Waals surface area contributed by atoms with Crippen molar-refractivity contribution in [3.63, 3.8) is 0 Å². The average Bonchev–Trinajstić information content (AvgIpc) is 2.78. The minimum absolute atomic E-state index is 0.412. The molecule has 3 heteroatoms. The molecule has 0 saturated heterocycles. The van der Waals surface area contributed by atoms with E-state index in [1.165, 1.54) is 5.56 Å². The molecular weight excluding hydrogens is 262 g/mol. The smallest absolute Gasteiger partial charge is 0.314 e. The standard InChI is InChI=1S/C18H23NO2/c1-7-9-18(5,17(20)21)15-12(3)11(2)13(4)16-14(15)8-10-19(16)6/h7-8,10H,1,9H2,2-6H3,(H,20,21). The maximum absolute atomic E-state index is 12.0. The van der Waals surface area contributed by atoms with E-state index < -0.39 is 11.4 Å². The number of carboxylic acid groups (broad SMARTS) is 1. The van der Waals surface area contributed by atoms with Gasteiger partial charge in [0, 0.05) is 18.6 Å². The molecule has 1 aromatic heterocycles. The number of nitrogens with zero attached hydrogens (tertiary/aromatic N) is 1. The van der Waals surface area contributed by atoms with Gasteiger partial charge in [-0.25, -0.2) is 0 Å². The number of fused-ring (bicyclic) bond motifs is 1. The average molecular weight is 285 g/mol. The van der Waals surface area contributed by atoms with E-state index in [2.05, 4.69) is 25.0 Å². The number of hydrogen-bond donors (Lipinski definition) is 1. The van der Waals surface area contributed by atoms with Crippen LogP contribution in [0.25, 0.3) is 10.9 Å². The highest BCUT2D eigenvalue weighted by atomic mass is 16.4. The van der Waals surface area contributed by atoms with Crippen molar-refractivity contribution in [2.75, 3.05) is 0 Å². The first-order valence-corrected chi connectivity index (χ1v) is 7.15. The summed E-state index contributed by atoms with van der Waals surface area (Å²) in [5.41, 5.74) is 4.52. The lowest BCUT2D eigenvalue weighted by atomic mass is 9.74. The van der Waals surface area contributed by atoms with Crippen LogP contribution in [-0.2, 0) is 17.3 Å². The van der Waals surface area contributed by atoms with Gasteiger partial charge in [0.25, 0.3) is 0 Å². The van der Waals surface area contributed by atoms with Crippen molar-refractivity contribution in [3.05, 3.63) is 47.2 Å². The normalized spacial score (nSPS) is 14.1. The lowest BCUT2D eigenvalue weighted by Crippen LogP contribution is -2.33. The van der Waals surface area contributed by atoms with Crippen LogP contribution in [0.1, 0.15) is 35.6 Å². The van der Waals surface area contributed by atoms with Crippen molar-refractivity contribution >= 4 is 16.9 Å². The molecule has 0 aliphatic rings. The maximum Gasteiger partial charge on any atom is 0.314 e. The molecule has 1 unspecified atom stereocenters. The van der Waals surface area contributed by atoms with Crippen LogP contribution in [0.4, 0.5) is 0 Å². The zero-order chi connectivity index (χ0) is 15.9. The van der Waals surface area contributed by atoms with Gasteiger partial charge in [0.05, 0.1) is 10.9 Å². The van der Waals surface area contributed by atoms with E-state index in [-0.39, 0.29) is 0 Å². The number of aryl methyl sites for hydroxylation is 2. The van der Waals surface area contributed by atoms with Crippen molar-refractivity contribution in [2.24, 2.45) is 7.05 Å². The molecule has 1 N–H and O–H groups in total. The minimum Gasteiger partial charge on any atom is -0.481 e. The first-order chi connectivity index (χ1) is 9.75. The van der Waals surface area contributed by atoms with E-state index in [1.807, 2.05) is 26.2 Å². The van der Waals surface area contributed by atoms with Gasteiger partial charge in [0.2, 0.25) is 0 Å².